The number of Topliss-reactive ketones (excluding diaryl/α,β-unsaturated/α-hetero) is 1. The van der Waals surface area contributed by atoms with Gasteiger partial charge >= 0.3 is 5.97 Å². The summed E-state index contributed by atoms with van der Waals surface area (Å²) in [5, 5.41) is 29.0. The Bertz CT molecular complexity index is 542. The molecular formula is C21H32O5. The highest BCUT2D eigenvalue weighted by molar-refractivity contribution is 5.84. The Labute approximate surface area is 156 Å². The quantitative estimate of drug-likeness (QED) is 0.298. The fraction of sp³-hybridized carbons (Fsp3) is 0.714. The van der Waals surface area contributed by atoms with Gasteiger partial charge in [-0.15, -0.1) is 11.8 Å². The van der Waals surface area contributed by atoms with Crippen molar-refractivity contribution >= 4 is 11.8 Å². The number of aliphatic carboxylic acids is 1. The van der Waals surface area contributed by atoms with Crippen LogP contribution in [0.1, 0.15) is 65.2 Å². The molecule has 0 amide bonds. The Morgan fingerprint density at radius 1 is 1.31 bits per heavy atom. The van der Waals surface area contributed by atoms with E-state index in [4.69, 9.17) is 5.11 Å². The second-order valence-corrected chi connectivity index (χ2v) is 7.25. The van der Waals surface area contributed by atoms with E-state index in [1.54, 1.807) is 19.1 Å². The number of carbonyl (C=O) groups excluding carboxylic acids is 1. The molecule has 26 heavy (non-hydrogen) atoms. The Hall–Kier alpha value is -1.64. The summed E-state index contributed by atoms with van der Waals surface area (Å²) in [5.74, 6) is 4.61. The molecule has 1 unspecified atom stereocenters. The van der Waals surface area contributed by atoms with Crippen molar-refractivity contribution in [2.45, 2.75) is 77.4 Å². The normalized spacial score (nSPS) is 25.1. The van der Waals surface area contributed by atoms with E-state index < -0.39 is 18.2 Å². The largest absolute Gasteiger partial charge is 0.481 e. The van der Waals surface area contributed by atoms with E-state index in [2.05, 4.69) is 11.8 Å². The first-order valence-corrected chi connectivity index (χ1v) is 9.55. The predicted molar refractivity (Wildman–Crippen MR) is 100 cm³/mol. The maximum absolute atomic E-state index is 12.2. The molecule has 1 rings (SSSR count). The van der Waals surface area contributed by atoms with Crippen LogP contribution in [-0.2, 0) is 9.59 Å². The molecular weight excluding hydrogens is 332 g/mol. The predicted octanol–water partition coefficient (Wildman–Crippen LogP) is 2.94. The second kappa shape index (κ2) is 11.9. The standard InChI is InChI=1S/C21H32O5/c1-3-4-9-15(2)18(22)13-12-17-16(19(23)14-20(17)24)10-7-5-6-8-11-21(25)26/h12-13,15-18,20,22,24H,5-11,14H2,1-2H3,(H,25,26)/b13-12+/t15?,16-,17-,18-,20-/m1/s1. The number of unbranched alkanes of at least 4 members (excludes halogenated alkanes) is 3. The number of carboxylic acid groups (broad SMARTS) is 1. The van der Waals surface area contributed by atoms with Crippen molar-refractivity contribution in [3.63, 3.8) is 0 Å². The van der Waals surface area contributed by atoms with Gasteiger partial charge in [-0.1, -0.05) is 38.3 Å². The van der Waals surface area contributed by atoms with E-state index in [9.17, 15) is 19.8 Å². The molecule has 0 spiro atoms. The lowest BCUT2D eigenvalue weighted by atomic mass is 9.88. The minimum atomic E-state index is -0.776. The minimum Gasteiger partial charge on any atom is -0.481 e. The van der Waals surface area contributed by atoms with Gasteiger partial charge in [0.15, 0.2) is 0 Å². The van der Waals surface area contributed by atoms with Crippen LogP contribution >= 0.6 is 0 Å². The number of rotatable bonds is 11. The molecule has 0 bridgehead atoms. The van der Waals surface area contributed by atoms with Crippen LogP contribution < -0.4 is 0 Å². The van der Waals surface area contributed by atoms with Gasteiger partial charge in [-0.2, -0.15) is 0 Å². The lowest BCUT2D eigenvalue weighted by Gasteiger charge is -2.19. The van der Waals surface area contributed by atoms with Crippen LogP contribution in [0.25, 0.3) is 0 Å². The summed E-state index contributed by atoms with van der Waals surface area (Å²) in [5.41, 5.74) is 0. The number of carbonyl (C=O) groups is 2. The molecule has 5 nitrogen and oxygen atoms in total. The zero-order chi connectivity index (χ0) is 19.5. The number of hydrogen-bond acceptors (Lipinski definition) is 4. The van der Waals surface area contributed by atoms with Gasteiger partial charge in [0.05, 0.1) is 12.2 Å². The van der Waals surface area contributed by atoms with E-state index in [1.807, 2.05) is 6.92 Å². The monoisotopic (exact) mass is 364 g/mol. The molecule has 5 heteroatoms. The maximum Gasteiger partial charge on any atom is 0.303 e. The first kappa shape index (κ1) is 22.4. The number of carboxylic acids is 1. The Morgan fingerprint density at radius 3 is 2.65 bits per heavy atom. The van der Waals surface area contributed by atoms with E-state index in [1.165, 1.54) is 0 Å². The summed E-state index contributed by atoms with van der Waals surface area (Å²) in [6.07, 6.45) is 7.05. The van der Waals surface area contributed by atoms with Crippen LogP contribution in [0.5, 0.6) is 0 Å². The number of aliphatic hydroxyl groups excluding tert-OH is 2. The van der Waals surface area contributed by atoms with Gasteiger partial charge in [0.1, 0.15) is 5.78 Å². The van der Waals surface area contributed by atoms with Crippen molar-refractivity contribution < 1.29 is 24.9 Å². The van der Waals surface area contributed by atoms with Crippen molar-refractivity contribution in [2.24, 2.45) is 17.8 Å². The van der Waals surface area contributed by atoms with Crippen molar-refractivity contribution in [3.8, 4) is 11.8 Å². The van der Waals surface area contributed by atoms with Gasteiger partial charge in [0.25, 0.3) is 0 Å². The molecule has 0 aromatic rings. The van der Waals surface area contributed by atoms with Gasteiger partial charge < -0.3 is 15.3 Å². The van der Waals surface area contributed by atoms with E-state index in [-0.39, 0.29) is 36.4 Å². The third-order valence-corrected chi connectivity index (χ3v) is 5.10. The molecule has 5 atom stereocenters. The molecule has 0 aromatic carbocycles. The molecule has 146 valence electrons. The van der Waals surface area contributed by atoms with Crippen molar-refractivity contribution in [1.82, 2.24) is 0 Å². The van der Waals surface area contributed by atoms with E-state index >= 15 is 0 Å². The topological polar surface area (TPSA) is 94.8 Å². The molecule has 0 heterocycles. The van der Waals surface area contributed by atoms with Crippen LogP contribution in [0.2, 0.25) is 0 Å². The number of ketones is 1. The molecule has 1 aliphatic rings. The average Bonchev–Trinajstić information content (AvgIpc) is 2.86. The molecule has 0 radical (unpaired) electrons. The van der Waals surface area contributed by atoms with Gasteiger partial charge in [-0.25, -0.2) is 0 Å². The van der Waals surface area contributed by atoms with Crippen LogP contribution in [0, 0.1) is 29.6 Å². The highest BCUT2D eigenvalue weighted by Crippen LogP contribution is 2.34. The van der Waals surface area contributed by atoms with Crippen LogP contribution in [-0.4, -0.2) is 39.3 Å². The van der Waals surface area contributed by atoms with Crippen molar-refractivity contribution in [2.75, 3.05) is 0 Å². The van der Waals surface area contributed by atoms with Gasteiger partial charge in [0.2, 0.25) is 0 Å². The fourth-order valence-electron chi connectivity index (χ4n) is 3.40. The Kier molecular flexibility index (Phi) is 10.2. The van der Waals surface area contributed by atoms with Crippen LogP contribution in [0.4, 0.5) is 0 Å². The zero-order valence-electron chi connectivity index (χ0n) is 15.9. The van der Waals surface area contributed by atoms with Crippen molar-refractivity contribution in [1.29, 1.82) is 0 Å². The summed E-state index contributed by atoms with van der Waals surface area (Å²) in [6, 6.07) is 0. The Balaban J connectivity index is 2.50. The fourth-order valence-corrected chi connectivity index (χ4v) is 3.40. The number of hydrogen-bond donors (Lipinski definition) is 3. The average molecular weight is 364 g/mol. The van der Waals surface area contributed by atoms with Gasteiger partial charge in [-0.3, -0.25) is 9.59 Å². The second-order valence-electron chi connectivity index (χ2n) is 7.25. The minimum absolute atomic E-state index is 0.000586. The highest BCUT2D eigenvalue weighted by Gasteiger charge is 2.39. The lowest BCUT2D eigenvalue weighted by molar-refractivity contribution is -0.137. The first-order chi connectivity index (χ1) is 12.4. The molecule has 1 saturated carbocycles. The van der Waals surface area contributed by atoms with Crippen molar-refractivity contribution in [3.05, 3.63) is 12.2 Å². The number of aliphatic hydroxyl groups is 2. The van der Waals surface area contributed by atoms with Gasteiger partial charge in [0, 0.05) is 31.1 Å². The summed E-state index contributed by atoms with van der Waals surface area (Å²) in [6.45, 7) is 3.69. The molecule has 0 aromatic heterocycles. The van der Waals surface area contributed by atoms with Crippen LogP contribution in [0.15, 0.2) is 12.2 Å². The summed E-state index contributed by atoms with van der Waals surface area (Å²) >= 11 is 0. The first-order valence-electron chi connectivity index (χ1n) is 9.55. The SMILES string of the molecule is CC#CCC(C)[C@H](O)/C=C/[C@H]1[C@H](O)CC(=O)[C@@H]1CCCCCCC(=O)O. The molecule has 1 fully saturated rings. The molecule has 3 N–H and O–H groups in total. The summed E-state index contributed by atoms with van der Waals surface area (Å²) in [4.78, 5) is 22.7. The third kappa shape index (κ3) is 7.72. The summed E-state index contributed by atoms with van der Waals surface area (Å²) < 4.78 is 0. The maximum atomic E-state index is 12.2. The van der Waals surface area contributed by atoms with Crippen LogP contribution in [0.3, 0.4) is 0 Å². The Morgan fingerprint density at radius 2 is 2.00 bits per heavy atom. The zero-order valence-corrected chi connectivity index (χ0v) is 15.9. The van der Waals surface area contributed by atoms with Gasteiger partial charge in [-0.05, 0) is 25.7 Å². The summed E-state index contributed by atoms with van der Waals surface area (Å²) in [7, 11) is 0. The highest BCUT2D eigenvalue weighted by atomic mass is 16.4. The molecule has 0 saturated heterocycles. The molecule has 0 aliphatic heterocycles. The van der Waals surface area contributed by atoms with E-state index in [0.29, 0.717) is 19.3 Å². The lowest BCUT2D eigenvalue weighted by Crippen LogP contribution is -2.20. The smallest absolute Gasteiger partial charge is 0.303 e. The molecule has 1 aliphatic carbocycles. The third-order valence-electron chi connectivity index (χ3n) is 5.10. The van der Waals surface area contributed by atoms with E-state index in [0.717, 1.165) is 19.3 Å².